The van der Waals surface area contributed by atoms with E-state index in [9.17, 15) is 4.79 Å². The number of hydrazone groups is 1. The van der Waals surface area contributed by atoms with E-state index in [1.165, 1.54) is 5.56 Å². The molecule has 1 aromatic heterocycles. The summed E-state index contributed by atoms with van der Waals surface area (Å²) in [5.74, 6) is 0.256. The number of hydrogen-bond donors (Lipinski definition) is 1. The first-order valence-electron chi connectivity index (χ1n) is 8.87. The van der Waals surface area contributed by atoms with E-state index in [1.807, 2.05) is 38.1 Å². The van der Waals surface area contributed by atoms with Gasteiger partial charge in [-0.25, -0.2) is 5.43 Å². The highest BCUT2D eigenvalue weighted by Crippen LogP contribution is 2.24. The third-order valence-corrected chi connectivity index (χ3v) is 4.38. The number of benzene rings is 2. The minimum atomic E-state index is -0.699. The van der Waals surface area contributed by atoms with Crippen LogP contribution in [0.3, 0.4) is 0 Å². The van der Waals surface area contributed by atoms with Crippen molar-refractivity contribution in [2.45, 2.75) is 33.8 Å². The first-order chi connectivity index (χ1) is 13.0. The maximum absolute atomic E-state index is 12.3. The molecule has 2 aromatic carbocycles. The van der Waals surface area contributed by atoms with Crippen LogP contribution < -0.4 is 10.2 Å². The van der Waals surface area contributed by atoms with Gasteiger partial charge in [-0.1, -0.05) is 35.9 Å². The van der Waals surface area contributed by atoms with Crippen molar-refractivity contribution in [2.75, 3.05) is 0 Å². The molecule has 0 aliphatic carbocycles. The van der Waals surface area contributed by atoms with Gasteiger partial charge in [0.25, 0.3) is 5.91 Å². The Hall–Kier alpha value is -3.21. The van der Waals surface area contributed by atoms with Crippen LogP contribution in [0.5, 0.6) is 5.75 Å². The third-order valence-electron chi connectivity index (χ3n) is 4.38. The predicted molar refractivity (Wildman–Crippen MR) is 108 cm³/mol. The van der Waals surface area contributed by atoms with E-state index in [0.717, 1.165) is 27.6 Å². The summed E-state index contributed by atoms with van der Waals surface area (Å²) in [6, 6.07) is 13.6. The van der Waals surface area contributed by atoms with Gasteiger partial charge in [0.1, 0.15) is 11.3 Å². The van der Waals surface area contributed by atoms with Crippen molar-refractivity contribution in [2.24, 2.45) is 5.10 Å². The molecule has 0 aliphatic rings. The van der Waals surface area contributed by atoms with Gasteiger partial charge in [0.15, 0.2) is 6.10 Å². The fraction of sp³-hybridized carbons (Fsp3) is 0.227. The largest absolute Gasteiger partial charge is 0.479 e. The van der Waals surface area contributed by atoms with E-state index in [0.29, 0.717) is 5.75 Å². The van der Waals surface area contributed by atoms with E-state index in [1.54, 1.807) is 25.4 Å². The fourth-order valence-electron chi connectivity index (χ4n) is 3.06. The lowest BCUT2D eigenvalue weighted by Gasteiger charge is -2.14. The van der Waals surface area contributed by atoms with Crippen LogP contribution in [0.15, 0.2) is 53.8 Å². The van der Waals surface area contributed by atoms with Gasteiger partial charge in [0.2, 0.25) is 0 Å². The first-order valence-corrected chi connectivity index (χ1v) is 8.87. The van der Waals surface area contributed by atoms with Crippen LogP contribution in [0.4, 0.5) is 0 Å². The Balaban J connectivity index is 1.68. The van der Waals surface area contributed by atoms with Crippen molar-refractivity contribution in [3.05, 3.63) is 70.9 Å². The summed E-state index contributed by atoms with van der Waals surface area (Å²) in [5.41, 5.74) is 7.74. The van der Waals surface area contributed by atoms with Crippen LogP contribution in [0.25, 0.3) is 10.9 Å². The van der Waals surface area contributed by atoms with Crippen molar-refractivity contribution < 1.29 is 9.53 Å². The van der Waals surface area contributed by atoms with Crippen LogP contribution in [0, 0.1) is 20.8 Å². The molecular formula is C22H23N3O2. The summed E-state index contributed by atoms with van der Waals surface area (Å²) < 4.78 is 5.81. The Morgan fingerprint density at radius 2 is 1.85 bits per heavy atom. The molecule has 1 atom stereocenters. The van der Waals surface area contributed by atoms with Crippen LogP contribution in [-0.4, -0.2) is 23.2 Å². The van der Waals surface area contributed by atoms with E-state index >= 15 is 0 Å². The molecule has 0 bridgehead atoms. The summed E-state index contributed by atoms with van der Waals surface area (Å²) in [6.07, 6.45) is 2.68. The van der Waals surface area contributed by atoms with Gasteiger partial charge in [-0.05, 0) is 51.0 Å². The molecule has 3 rings (SSSR count). The molecule has 1 unspecified atom stereocenters. The lowest BCUT2D eigenvalue weighted by molar-refractivity contribution is -0.127. The SMILES string of the molecule is Cc1cc(C)c(C=NNC(=O)C(C)Oc2cccc3cccnc23)c(C)c1. The number of amides is 1. The van der Waals surface area contributed by atoms with Crippen molar-refractivity contribution in [1.29, 1.82) is 0 Å². The van der Waals surface area contributed by atoms with Crippen LogP contribution in [0.1, 0.15) is 29.2 Å². The number of aromatic nitrogens is 1. The van der Waals surface area contributed by atoms with Crippen molar-refractivity contribution in [1.82, 2.24) is 10.4 Å². The Kier molecular flexibility index (Phi) is 5.50. The van der Waals surface area contributed by atoms with Gasteiger partial charge < -0.3 is 4.74 Å². The topological polar surface area (TPSA) is 63.6 Å². The van der Waals surface area contributed by atoms with E-state index in [2.05, 4.69) is 34.6 Å². The number of ether oxygens (including phenoxy) is 1. The molecule has 1 N–H and O–H groups in total. The molecular weight excluding hydrogens is 338 g/mol. The molecule has 0 radical (unpaired) electrons. The minimum absolute atomic E-state index is 0.318. The molecule has 0 saturated heterocycles. The summed E-state index contributed by atoms with van der Waals surface area (Å²) >= 11 is 0. The molecule has 0 aliphatic heterocycles. The Morgan fingerprint density at radius 3 is 2.59 bits per heavy atom. The van der Waals surface area contributed by atoms with Crippen molar-refractivity contribution >= 4 is 23.0 Å². The second-order valence-electron chi connectivity index (χ2n) is 6.64. The number of pyridine rings is 1. The maximum atomic E-state index is 12.3. The molecule has 0 saturated carbocycles. The number of fused-ring (bicyclic) bond motifs is 1. The number of nitrogens with zero attached hydrogens (tertiary/aromatic N) is 2. The lowest BCUT2D eigenvalue weighted by Crippen LogP contribution is -2.33. The molecule has 5 heteroatoms. The summed E-state index contributed by atoms with van der Waals surface area (Å²) in [4.78, 5) is 16.7. The molecule has 5 nitrogen and oxygen atoms in total. The standard InChI is InChI=1S/C22H23N3O2/c1-14-11-15(2)19(16(3)12-14)13-24-25-22(26)17(4)27-20-9-5-7-18-8-6-10-23-21(18)20/h5-13,17H,1-4H3,(H,25,26). The summed E-state index contributed by atoms with van der Waals surface area (Å²) in [6.45, 7) is 7.81. The van der Waals surface area contributed by atoms with Gasteiger partial charge in [0, 0.05) is 17.1 Å². The van der Waals surface area contributed by atoms with Gasteiger partial charge in [-0.2, -0.15) is 5.10 Å². The van der Waals surface area contributed by atoms with E-state index in [-0.39, 0.29) is 5.91 Å². The normalized spacial score (nSPS) is 12.3. The van der Waals surface area contributed by atoms with Crippen LogP contribution in [0.2, 0.25) is 0 Å². The zero-order valence-electron chi connectivity index (χ0n) is 16.0. The summed E-state index contributed by atoms with van der Waals surface area (Å²) in [5, 5.41) is 5.06. The average Bonchev–Trinajstić information content (AvgIpc) is 2.64. The Morgan fingerprint density at radius 1 is 1.15 bits per heavy atom. The molecule has 0 fully saturated rings. The quantitative estimate of drug-likeness (QED) is 0.550. The van der Waals surface area contributed by atoms with Crippen molar-refractivity contribution in [3.63, 3.8) is 0 Å². The molecule has 138 valence electrons. The highest BCUT2D eigenvalue weighted by molar-refractivity contribution is 5.87. The number of carbonyl (C=O) groups excluding carboxylic acids is 1. The molecule has 0 spiro atoms. The fourth-order valence-corrected chi connectivity index (χ4v) is 3.06. The summed E-state index contributed by atoms with van der Waals surface area (Å²) in [7, 11) is 0. The smallest absolute Gasteiger partial charge is 0.280 e. The number of aryl methyl sites for hydroxylation is 3. The first kappa shape index (κ1) is 18.6. The number of carbonyl (C=O) groups is 1. The van der Waals surface area contributed by atoms with Crippen molar-refractivity contribution in [3.8, 4) is 5.75 Å². The maximum Gasteiger partial charge on any atom is 0.280 e. The van der Waals surface area contributed by atoms with Gasteiger partial charge in [-0.3, -0.25) is 9.78 Å². The highest BCUT2D eigenvalue weighted by atomic mass is 16.5. The van der Waals surface area contributed by atoms with Gasteiger partial charge in [0.05, 0.1) is 6.21 Å². The molecule has 1 amide bonds. The molecule has 3 aromatic rings. The zero-order chi connectivity index (χ0) is 19.4. The highest BCUT2D eigenvalue weighted by Gasteiger charge is 2.15. The minimum Gasteiger partial charge on any atom is -0.479 e. The van der Waals surface area contributed by atoms with Gasteiger partial charge in [-0.15, -0.1) is 0 Å². The van der Waals surface area contributed by atoms with E-state index in [4.69, 9.17) is 4.74 Å². The van der Waals surface area contributed by atoms with Gasteiger partial charge >= 0.3 is 0 Å². The van der Waals surface area contributed by atoms with Crippen LogP contribution >= 0.6 is 0 Å². The number of nitrogens with one attached hydrogen (secondary N) is 1. The second-order valence-corrected chi connectivity index (χ2v) is 6.64. The Bertz CT molecular complexity index is 983. The lowest BCUT2D eigenvalue weighted by atomic mass is 10.0. The number of para-hydroxylation sites is 1. The Labute approximate surface area is 159 Å². The zero-order valence-corrected chi connectivity index (χ0v) is 16.0. The number of rotatable bonds is 5. The molecule has 1 heterocycles. The predicted octanol–water partition coefficient (Wildman–Crippen LogP) is 4.08. The number of hydrogen-bond acceptors (Lipinski definition) is 4. The monoisotopic (exact) mass is 361 g/mol. The second kappa shape index (κ2) is 7.99. The van der Waals surface area contributed by atoms with E-state index < -0.39 is 6.10 Å². The average molecular weight is 361 g/mol. The molecule has 27 heavy (non-hydrogen) atoms. The van der Waals surface area contributed by atoms with Crippen LogP contribution in [-0.2, 0) is 4.79 Å². The third kappa shape index (κ3) is 4.31.